The minimum absolute atomic E-state index is 0.0372. The second kappa shape index (κ2) is 6.32. The van der Waals surface area contributed by atoms with Gasteiger partial charge in [0.05, 0.1) is 11.5 Å². The van der Waals surface area contributed by atoms with E-state index in [4.69, 9.17) is 0 Å². The molecule has 2 rings (SSSR count). The monoisotopic (exact) mass is 311 g/mol. The molecule has 0 aromatic carbocycles. The van der Waals surface area contributed by atoms with Gasteiger partial charge in [0, 0.05) is 31.4 Å². The summed E-state index contributed by atoms with van der Waals surface area (Å²) in [5.74, 6) is 1.38. The second-order valence-corrected chi connectivity index (χ2v) is 8.41. The van der Waals surface area contributed by atoms with Crippen LogP contribution < -0.4 is 10.2 Å². The predicted molar refractivity (Wildman–Crippen MR) is 86.4 cm³/mol. The van der Waals surface area contributed by atoms with E-state index in [0.29, 0.717) is 12.5 Å². The summed E-state index contributed by atoms with van der Waals surface area (Å²) in [6.45, 7) is 7.00. The van der Waals surface area contributed by atoms with Crippen molar-refractivity contribution in [2.24, 2.45) is 0 Å². The van der Waals surface area contributed by atoms with E-state index in [2.05, 4.69) is 30.2 Å². The summed E-state index contributed by atoms with van der Waals surface area (Å²) in [5, 5.41) is 3.40. The zero-order valence-corrected chi connectivity index (χ0v) is 14.1. The molecule has 1 aliphatic rings. The van der Waals surface area contributed by atoms with Gasteiger partial charge in [0.1, 0.15) is 5.82 Å². The van der Waals surface area contributed by atoms with Crippen molar-refractivity contribution in [2.75, 3.05) is 23.5 Å². The lowest BCUT2D eigenvalue weighted by Crippen LogP contribution is -2.33. The van der Waals surface area contributed by atoms with Crippen LogP contribution in [0.4, 0.5) is 5.82 Å². The number of aryl methyl sites for hydroxylation is 1. The third kappa shape index (κ3) is 4.41. The van der Waals surface area contributed by atoms with E-state index in [1.165, 1.54) is 5.56 Å². The highest BCUT2D eigenvalue weighted by Gasteiger charge is 2.31. The number of sulfone groups is 1. The van der Waals surface area contributed by atoms with Gasteiger partial charge >= 0.3 is 0 Å². The third-order valence-electron chi connectivity index (χ3n) is 3.83. The van der Waals surface area contributed by atoms with E-state index in [1.807, 2.05) is 24.9 Å². The molecule has 5 nitrogen and oxygen atoms in total. The number of aromatic nitrogens is 1. The zero-order valence-electron chi connectivity index (χ0n) is 13.3. The first-order valence-electron chi connectivity index (χ1n) is 7.41. The second-order valence-electron chi connectivity index (χ2n) is 6.18. The Labute approximate surface area is 127 Å². The topological polar surface area (TPSA) is 62.3 Å². The lowest BCUT2D eigenvalue weighted by atomic mass is 10.2. The summed E-state index contributed by atoms with van der Waals surface area (Å²) in [6.07, 6.45) is 0.689. The maximum atomic E-state index is 11.6. The maximum absolute atomic E-state index is 11.6. The summed E-state index contributed by atoms with van der Waals surface area (Å²) in [4.78, 5) is 6.57. The normalized spacial score (nSPS) is 20.9. The van der Waals surface area contributed by atoms with Crippen molar-refractivity contribution in [3.63, 3.8) is 0 Å². The van der Waals surface area contributed by atoms with Gasteiger partial charge in [0.25, 0.3) is 0 Å². The van der Waals surface area contributed by atoms with E-state index in [9.17, 15) is 8.42 Å². The number of hydrogen-bond donors (Lipinski definition) is 1. The van der Waals surface area contributed by atoms with Gasteiger partial charge < -0.3 is 10.2 Å². The number of hydrogen-bond acceptors (Lipinski definition) is 5. The molecular weight excluding hydrogens is 286 g/mol. The Balaban J connectivity index is 2.15. The smallest absolute Gasteiger partial charge is 0.152 e. The van der Waals surface area contributed by atoms with Gasteiger partial charge in [-0.25, -0.2) is 13.4 Å². The fourth-order valence-corrected chi connectivity index (χ4v) is 4.37. The molecule has 2 heterocycles. The minimum atomic E-state index is -2.87. The fourth-order valence-electron chi connectivity index (χ4n) is 2.59. The Morgan fingerprint density at radius 2 is 2.14 bits per heavy atom. The lowest BCUT2D eigenvalue weighted by Gasteiger charge is -2.25. The van der Waals surface area contributed by atoms with Gasteiger partial charge in [-0.1, -0.05) is 13.8 Å². The molecule has 1 aliphatic heterocycles. The van der Waals surface area contributed by atoms with Gasteiger partial charge in [0.15, 0.2) is 9.84 Å². The maximum Gasteiger partial charge on any atom is 0.152 e. The van der Waals surface area contributed by atoms with E-state index in [0.717, 1.165) is 18.1 Å². The molecular formula is C15H25N3O2S. The highest BCUT2D eigenvalue weighted by molar-refractivity contribution is 7.91. The van der Waals surface area contributed by atoms with Gasteiger partial charge in [-0.2, -0.15) is 0 Å². The van der Waals surface area contributed by atoms with Crippen molar-refractivity contribution in [1.82, 2.24) is 10.3 Å². The Morgan fingerprint density at radius 3 is 2.71 bits per heavy atom. The number of anilines is 1. The standard InChI is InChI=1S/C15H25N3O2S/c1-11(2)16-9-13-7-12(3)17-15(8-13)18(4)14-5-6-21(19,20)10-14/h7-8,11,14,16H,5-6,9-10H2,1-4H3. The first kappa shape index (κ1) is 16.2. The molecule has 1 N–H and O–H groups in total. The highest BCUT2D eigenvalue weighted by atomic mass is 32.2. The molecule has 6 heteroatoms. The van der Waals surface area contributed by atoms with Gasteiger partial charge in [0.2, 0.25) is 0 Å². The average Bonchev–Trinajstić information content (AvgIpc) is 2.75. The number of pyridine rings is 1. The first-order chi connectivity index (χ1) is 9.77. The van der Waals surface area contributed by atoms with Crippen LogP contribution in [0.2, 0.25) is 0 Å². The molecule has 0 radical (unpaired) electrons. The van der Waals surface area contributed by atoms with Crippen LogP contribution in [0.25, 0.3) is 0 Å². The van der Waals surface area contributed by atoms with E-state index in [-0.39, 0.29) is 17.5 Å². The van der Waals surface area contributed by atoms with Crippen LogP contribution in [-0.4, -0.2) is 44.0 Å². The van der Waals surface area contributed by atoms with Crippen molar-refractivity contribution >= 4 is 15.7 Å². The van der Waals surface area contributed by atoms with Crippen LogP contribution >= 0.6 is 0 Å². The largest absolute Gasteiger partial charge is 0.356 e. The first-order valence-corrected chi connectivity index (χ1v) is 9.23. The van der Waals surface area contributed by atoms with Crippen LogP contribution in [0.3, 0.4) is 0 Å². The minimum Gasteiger partial charge on any atom is -0.356 e. The van der Waals surface area contributed by atoms with E-state index < -0.39 is 9.84 Å². The SMILES string of the molecule is Cc1cc(CNC(C)C)cc(N(C)C2CCS(=O)(=O)C2)n1. The van der Waals surface area contributed by atoms with Crippen molar-refractivity contribution < 1.29 is 8.42 Å². The molecule has 21 heavy (non-hydrogen) atoms. The summed E-state index contributed by atoms with van der Waals surface area (Å²) in [6, 6.07) is 4.58. The molecule has 1 unspecified atom stereocenters. The van der Waals surface area contributed by atoms with Gasteiger partial charge in [-0.15, -0.1) is 0 Å². The van der Waals surface area contributed by atoms with Gasteiger partial charge in [-0.3, -0.25) is 0 Å². The molecule has 0 amide bonds. The molecule has 118 valence electrons. The van der Waals surface area contributed by atoms with E-state index >= 15 is 0 Å². The van der Waals surface area contributed by atoms with Crippen molar-refractivity contribution in [1.29, 1.82) is 0 Å². The number of rotatable bonds is 5. The lowest BCUT2D eigenvalue weighted by molar-refractivity contribution is 0.587. The summed E-state index contributed by atoms with van der Waals surface area (Å²) >= 11 is 0. The Kier molecular flexibility index (Phi) is 4.88. The van der Waals surface area contributed by atoms with Crippen LogP contribution in [0.5, 0.6) is 0 Å². The number of nitrogens with zero attached hydrogens (tertiary/aromatic N) is 2. The Bertz CT molecular complexity index is 599. The Hall–Kier alpha value is -1.14. The summed E-state index contributed by atoms with van der Waals surface area (Å²) in [5.41, 5.74) is 2.14. The predicted octanol–water partition coefficient (Wildman–Crippen LogP) is 1.51. The molecule has 0 aliphatic carbocycles. The van der Waals surface area contributed by atoms with Crippen molar-refractivity contribution in [3.8, 4) is 0 Å². The quantitative estimate of drug-likeness (QED) is 0.893. The van der Waals surface area contributed by atoms with Crippen LogP contribution in [0.15, 0.2) is 12.1 Å². The zero-order chi connectivity index (χ0) is 15.6. The highest BCUT2D eigenvalue weighted by Crippen LogP contribution is 2.22. The van der Waals surface area contributed by atoms with Crippen LogP contribution in [0.1, 0.15) is 31.5 Å². The summed E-state index contributed by atoms with van der Waals surface area (Å²) in [7, 11) is -0.935. The number of nitrogens with one attached hydrogen (secondary N) is 1. The molecule has 0 bridgehead atoms. The van der Waals surface area contributed by atoms with Crippen molar-refractivity contribution in [2.45, 2.75) is 45.8 Å². The Morgan fingerprint density at radius 1 is 1.43 bits per heavy atom. The fraction of sp³-hybridized carbons (Fsp3) is 0.667. The molecule has 1 aromatic heterocycles. The molecule has 1 saturated heterocycles. The van der Waals surface area contributed by atoms with Crippen LogP contribution in [0, 0.1) is 6.92 Å². The van der Waals surface area contributed by atoms with Crippen LogP contribution in [-0.2, 0) is 16.4 Å². The van der Waals surface area contributed by atoms with Gasteiger partial charge in [-0.05, 0) is 31.0 Å². The third-order valence-corrected chi connectivity index (χ3v) is 5.58. The summed E-state index contributed by atoms with van der Waals surface area (Å²) < 4.78 is 23.3. The average molecular weight is 311 g/mol. The van der Waals surface area contributed by atoms with E-state index in [1.54, 1.807) is 0 Å². The van der Waals surface area contributed by atoms with Crippen molar-refractivity contribution in [3.05, 3.63) is 23.4 Å². The molecule has 1 atom stereocenters. The molecule has 0 saturated carbocycles. The molecule has 0 spiro atoms. The molecule has 1 aromatic rings. The molecule has 1 fully saturated rings.